The van der Waals surface area contributed by atoms with Crippen LogP contribution in [0.25, 0.3) is 0 Å². The van der Waals surface area contributed by atoms with Gasteiger partial charge in [-0.1, -0.05) is 37.3 Å². The molecule has 0 bridgehead atoms. The van der Waals surface area contributed by atoms with E-state index < -0.39 is 36.8 Å². The highest BCUT2D eigenvalue weighted by Gasteiger charge is 2.46. The van der Waals surface area contributed by atoms with Gasteiger partial charge >= 0.3 is 0 Å². The van der Waals surface area contributed by atoms with E-state index in [4.69, 9.17) is 9.47 Å². The standard InChI is InChI=1S/C24H30O7/c1-2-14-6-7-16(22-20(26)19(25)21(27)23(31-22)24(28)29)12-17(14)11-13-5-8-18-15(10-13)4-3-9-30-18/h5-8,10,12,19-29H,2-4,9,11H2,1H3/t19-,20-,21+,22+,23?/m1/s1. The van der Waals surface area contributed by atoms with Crippen LogP contribution in [-0.4, -0.2) is 62.8 Å². The quantitative estimate of drug-likeness (QED) is 0.449. The molecule has 7 nitrogen and oxygen atoms in total. The summed E-state index contributed by atoms with van der Waals surface area (Å²) in [4.78, 5) is 0. The molecule has 7 heteroatoms. The largest absolute Gasteiger partial charge is 0.493 e. The summed E-state index contributed by atoms with van der Waals surface area (Å²) in [5.74, 6) is 0.944. The van der Waals surface area contributed by atoms with Gasteiger partial charge in [0.1, 0.15) is 36.3 Å². The maximum atomic E-state index is 10.5. The minimum absolute atomic E-state index is 0.609. The lowest BCUT2D eigenvalue weighted by Crippen LogP contribution is -2.57. The minimum Gasteiger partial charge on any atom is -0.493 e. The first-order valence-corrected chi connectivity index (χ1v) is 10.8. The lowest BCUT2D eigenvalue weighted by molar-refractivity contribution is -0.275. The zero-order chi connectivity index (χ0) is 22.1. The van der Waals surface area contributed by atoms with Crippen molar-refractivity contribution in [3.05, 3.63) is 64.2 Å². The summed E-state index contributed by atoms with van der Waals surface area (Å²) in [6.45, 7) is 2.82. The van der Waals surface area contributed by atoms with Crippen LogP contribution in [0.5, 0.6) is 5.75 Å². The van der Waals surface area contributed by atoms with Gasteiger partial charge in [-0.15, -0.1) is 0 Å². The number of rotatable bonds is 5. The third-order valence-electron chi connectivity index (χ3n) is 6.25. The molecule has 5 N–H and O–H groups in total. The van der Waals surface area contributed by atoms with E-state index in [-0.39, 0.29) is 0 Å². The summed E-state index contributed by atoms with van der Waals surface area (Å²) < 4.78 is 11.3. The van der Waals surface area contributed by atoms with Crippen LogP contribution in [0.2, 0.25) is 0 Å². The lowest BCUT2D eigenvalue weighted by Gasteiger charge is -2.41. The molecule has 0 amide bonds. The molecule has 4 rings (SSSR count). The predicted octanol–water partition coefficient (Wildman–Crippen LogP) is 0.998. The van der Waals surface area contributed by atoms with Gasteiger partial charge in [-0.25, -0.2) is 0 Å². The van der Waals surface area contributed by atoms with Crippen LogP contribution in [0.1, 0.15) is 47.3 Å². The molecule has 0 saturated carbocycles. The van der Waals surface area contributed by atoms with Crippen molar-refractivity contribution in [3.8, 4) is 5.75 Å². The normalized spacial score (nSPS) is 28.3. The van der Waals surface area contributed by atoms with Gasteiger partial charge in [0.05, 0.1) is 6.61 Å². The molecule has 0 spiro atoms. The zero-order valence-electron chi connectivity index (χ0n) is 17.5. The molecule has 2 heterocycles. The monoisotopic (exact) mass is 430 g/mol. The fourth-order valence-corrected chi connectivity index (χ4v) is 4.50. The van der Waals surface area contributed by atoms with Crippen molar-refractivity contribution in [1.29, 1.82) is 0 Å². The van der Waals surface area contributed by atoms with Crippen molar-refractivity contribution in [3.63, 3.8) is 0 Å². The number of aliphatic hydroxyl groups is 5. The first-order valence-electron chi connectivity index (χ1n) is 10.8. The van der Waals surface area contributed by atoms with Crippen LogP contribution in [0.15, 0.2) is 36.4 Å². The number of hydrogen-bond acceptors (Lipinski definition) is 7. The molecule has 2 aliphatic heterocycles. The van der Waals surface area contributed by atoms with E-state index in [1.54, 1.807) is 0 Å². The summed E-state index contributed by atoms with van der Waals surface area (Å²) in [6, 6.07) is 11.9. The first-order chi connectivity index (χ1) is 14.9. The summed E-state index contributed by atoms with van der Waals surface area (Å²) in [6.07, 6.45) is -5.42. The van der Waals surface area contributed by atoms with Gasteiger partial charge in [-0.05, 0) is 59.6 Å². The van der Waals surface area contributed by atoms with E-state index in [0.717, 1.165) is 48.3 Å². The average molecular weight is 430 g/mol. The third kappa shape index (κ3) is 4.48. The molecule has 1 unspecified atom stereocenters. The Labute approximate surface area is 181 Å². The van der Waals surface area contributed by atoms with Crippen molar-refractivity contribution in [2.75, 3.05) is 6.61 Å². The second-order valence-corrected chi connectivity index (χ2v) is 8.36. The van der Waals surface area contributed by atoms with E-state index in [9.17, 15) is 25.5 Å². The van der Waals surface area contributed by atoms with Crippen LogP contribution in [-0.2, 0) is 24.0 Å². The number of benzene rings is 2. The number of aryl methyl sites for hydroxylation is 2. The summed E-state index contributed by atoms with van der Waals surface area (Å²) in [5.41, 5.74) is 5.19. The molecule has 1 saturated heterocycles. The second kappa shape index (κ2) is 9.24. The van der Waals surface area contributed by atoms with E-state index >= 15 is 0 Å². The number of fused-ring (bicyclic) bond motifs is 1. The summed E-state index contributed by atoms with van der Waals surface area (Å²) in [5, 5.41) is 49.7. The molecule has 2 aliphatic rings. The smallest absolute Gasteiger partial charge is 0.181 e. The first kappa shape index (κ1) is 22.2. The Morgan fingerprint density at radius 2 is 1.77 bits per heavy atom. The molecule has 0 aliphatic carbocycles. The van der Waals surface area contributed by atoms with Gasteiger partial charge in [0.2, 0.25) is 0 Å². The van der Waals surface area contributed by atoms with Gasteiger partial charge in [0, 0.05) is 0 Å². The molecule has 0 aromatic heterocycles. The van der Waals surface area contributed by atoms with Gasteiger partial charge < -0.3 is 35.0 Å². The van der Waals surface area contributed by atoms with Crippen molar-refractivity contribution in [1.82, 2.24) is 0 Å². The van der Waals surface area contributed by atoms with E-state index in [0.29, 0.717) is 12.0 Å². The lowest BCUT2D eigenvalue weighted by atomic mass is 9.88. The van der Waals surface area contributed by atoms with Crippen LogP contribution in [0.3, 0.4) is 0 Å². The molecular formula is C24H30O7. The van der Waals surface area contributed by atoms with Crippen molar-refractivity contribution in [2.45, 2.75) is 69.4 Å². The van der Waals surface area contributed by atoms with Gasteiger partial charge in [-0.2, -0.15) is 0 Å². The van der Waals surface area contributed by atoms with Crippen LogP contribution in [0.4, 0.5) is 0 Å². The van der Waals surface area contributed by atoms with Crippen LogP contribution in [0, 0.1) is 0 Å². The van der Waals surface area contributed by atoms with Crippen LogP contribution < -0.4 is 4.74 Å². The molecule has 5 atom stereocenters. The van der Waals surface area contributed by atoms with Gasteiger partial charge in [0.15, 0.2) is 6.29 Å². The molecule has 1 fully saturated rings. The van der Waals surface area contributed by atoms with E-state index in [2.05, 4.69) is 19.1 Å². The van der Waals surface area contributed by atoms with Crippen LogP contribution >= 0.6 is 0 Å². The maximum absolute atomic E-state index is 10.5. The number of aliphatic hydroxyl groups excluding tert-OH is 4. The SMILES string of the molecule is CCc1ccc([C@@H]2OC(C(O)O)[C@@H](O)[C@H](O)[C@H]2O)cc1Cc1ccc2c(c1)CCCO2. The predicted molar refractivity (Wildman–Crippen MR) is 113 cm³/mol. The molecule has 2 aromatic rings. The van der Waals surface area contributed by atoms with Gasteiger partial charge in [-0.3, -0.25) is 0 Å². The highest BCUT2D eigenvalue weighted by atomic mass is 16.6. The maximum Gasteiger partial charge on any atom is 0.181 e. The number of hydrogen-bond donors (Lipinski definition) is 5. The Morgan fingerprint density at radius 3 is 2.52 bits per heavy atom. The Bertz CT molecular complexity index is 913. The molecular weight excluding hydrogens is 400 g/mol. The topological polar surface area (TPSA) is 120 Å². The Balaban J connectivity index is 1.63. The molecule has 168 valence electrons. The number of ether oxygens (including phenoxy) is 2. The highest BCUT2D eigenvalue weighted by Crippen LogP contribution is 2.35. The average Bonchev–Trinajstić information content (AvgIpc) is 2.77. The van der Waals surface area contributed by atoms with Gasteiger partial charge in [0.25, 0.3) is 0 Å². The zero-order valence-corrected chi connectivity index (χ0v) is 17.5. The summed E-state index contributed by atoms with van der Waals surface area (Å²) >= 11 is 0. The fraction of sp³-hybridized carbons (Fsp3) is 0.500. The van der Waals surface area contributed by atoms with Crippen molar-refractivity contribution in [2.24, 2.45) is 0 Å². The fourth-order valence-electron chi connectivity index (χ4n) is 4.50. The summed E-state index contributed by atoms with van der Waals surface area (Å²) in [7, 11) is 0. The highest BCUT2D eigenvalue weighted by molar-refractivity contribution is 5.42. The Morgan fingerprint density at radius 1 is 0.968 bits per heavy atom. The van der Waals surface area contributed by atoms with E-state index in [1.165, 1.54) is 5.56 Å². The third-order valence-corrected chi connectivity index (χ3v) is 6.25. The molecule has 2 aromatic carbocycles. The Kier molecular flexibility index (Phi) is 6.62. The minimum atomic E-state index is -1.98. The van der Waals surface area contributed by atoms with Crippen molar-refractivity contribution >= 4 is 0 Å². The van der Waals surface area contributed by atoms with Crippen molar-refractivity contribution < 1.29 is 35.0 Å². The molecule has 0 radical (unpaired) electrons. The second-order valence-electron chi connectivity index (χ2n) is 8.36. The molecule has 31 heavy (non-hydrogen) atoms. The van der Waals surface area contributed by atoms with E-state index in [1.807, 2.05) is 24.3 Å². The Hall–Kier alpha value is -2.00.